The van der Waals surface area contributed by atoms with Crippen LogP contribution in [0.2, 0.25) is 5.02 Å². The Balaban J connectivity index is 2.34. The summed E-state index contributed by atoms with van der Waals surface area (Å²) in [5.41, 5.74) is 0.582. The van der Waals surface area contributed by atoms with Gasteiger partial charge in [0.05, 0.1) is 5.02 Å². The Bertz CT molecular complexity index is 426. The SMILES string of the molecule is ClCc1nnc(-c2ccc(Cl)cn2)o1. The molecular weight excluding hydrogens is 225 g/mol. The molecule has 2 aromatic rings. The molecule has 0 radical (unpaired) electrons. The summed E-state index contributed by atoms with van der Waals surface area (Å²) < 4.78 is 5.20. The highest BCUT2D eigenvalue weighted by atomic mass is 35.5. The molecule has 0 bridgehead atoms. The van der Waals surface area contributed by atoms with E-state index < -0.39 is 0 Å². The van der Waals surface area contributed by atoms with Gasteiger partial charge in [0.1, 0.15) is 11.6 Å². The van der Waals surface area contributed by atoms with Crippen molar-refractivity contribution in [2.45, 2.75) is 5.88 Å². The lowest BCUT2D eigenvalue weighted by molar-refractivity contribution is 0.525. The lowest BCUT2D eigenvalue weighted by atomic mass is 10.3. The third kappa shape index (κ3) is 1.86. The van der Waals surface area contributed by atoms with E-state index in [1.54, 1.807) is 12.1 Å². The predicted molar refractivity (Wildman–Crippen MR) is 52.1 cm³/mol. The van der Waals surface area contributed by atoms with Crippen molar-refractivity contribution in [3.63, 3.8) is 0 Å². The fraction of sp³-hybridized carbons (Fsp3) is 0.125. The van der Waals surface area contributed by atoms with Gasteiger partial charge in [0, 0.05) is 6.20 Å². The van der Waals surface area contributed by atoms with Crippen LogP contribution in [0.25, 0.3) is 11.6 Å². The van der Waals surface area contributed by atoms with Crippen LogP contribution in [0.4, 0.5) is 0 Å². The fourth-order valence-electron chi connectivity index (χ4n) is 0.913. The molecule has 0 atom stereocenters. The molecule has 14 heavy (non-hydrogen) atoms. The number of aromatic nitrogens is 3. The van der Waals surface area contributed by atoms with Gasteiger partial charge in [-0.1, -0.05) is 11.6 Å². The van der Waals surface area contributed by atoms with Crippen molar-refractivity contribution in [3.05, 3.63) is 29.2 Å². The maximum atomic E-state index is 5.68. The minimum Gasteiger partial charge on any atom is -0.418 e. The molecule has 0 N–H and O–H groups in total. The van der Waals surface area contributed by atoms with Gasteiger partial charge in [0.15, 0.2) is 0 Å². The fourth-order valence-corrected chi connectivity index (χ4v) is 1.13. The number of hydrogen-bond donors (Lipinski definition) is 0. The zero-order chi connectivity index (χ0) is 9.97. The van der Waals surface area contributed by atoms with Gasteiger partial charge in [-0.2, -0.15) is 0 Å². The van der Waals surface area contributed by atoms with Gasteiger partial charge in [0.2, 0.25) is 5.89 Å². The predicted octanol–water partition coefficient (Wildman–Crippen LogP) is 2.52. The summed E-state index contributed by atoms with van der Waals surface area (Å²) in [6.07, 6.45) is 1.52. The van der Waals surface area contributed by atoms with Crippen molar-refractivity contribution < 1.29 is 4.42 Å². The van der Waals surface area contributed by atoms with E-state index in [0.717, 1.165) is 0 Å². The minimum atomic E-state index is 0.195. The van der Waals surface area contributed by atoms with E-state index in [1.165, 1.54) is 6.20 Å². The number of halogens is 2. The zero-order valence-electron chi connectivity index (χ0n) is 6.94. The Morgan fingerprint density at radius 2 is 2.14 bits per heavy atom. The van der Waals surface area contributed by atoms with Crippen molar-refractivity contribution in [1.82, 2.24) is 15.2 Å². The summed E-state index contributed by atoms with van der Waals surface area (Å²) >= 11 is 11.2. The molecule has 0 aliphatic carbocycles. The molecular formula is C8H5Cl2N3O. The van der Waals surface area contributed by atoms with Crippen LogP contribution in [0.1, 0.15) is 5.89 Å². The van der Waals surface area contributed by atoms with Crippen LogP contribution in [-0.4, -0.2) is 15.2 Å². The second kappa shape index (κ2) is 3.94. The van der Waals surface area contributed by atoms with Crippen LogP contribution in [-0.2, 0) is 5.88 Å². The quantitative estimate of drug-likeness (QED) is 0.743. The van der Waals surface area contributed by atoms with Crippen LogP contribution in [0.5, 0.6) is 0 Å². The van der Waals surface area contributed by atoms with Crippen LogP contribution in [0.15, 0.2) is 22.7 Å². The monoisotopic (exact) mass is 229 g/mol. The molecule has 0 amide bonds. The smallest absolute Gasteiger partial charge is 0.266 e. The van der Waals surface area contributed by atoms with Crippen molar-refractivity contribution in [1.29, 1.82) is 0 Å². The van der Waals surface area contributed by atoms with E-state index in [-0.39, 0.29) is 5.88 Å². The lowest BCUT2D eigenvalue weighted by Gasteiger charge is -1.92. The molecule has 2 rings (SSSR count). The topological polar surface area (TPSA) is 51.8 Å². The normalized spacial score (nSPS) is 10.4. The highest BCUT2D eigenvalue weighted by Gasteiger charge is 2.08. The van der Waals surface area contributed by atoms with Gasteiger partial charge in [-0.15, -0.1) is 21.8 Å². The first-order chi connectivity index (χ1) is 6.79. The van der Waals surface area contributed by atoms with Crippen molar-refractivity contribution >= 4 is 23.2 Å². The van der Waals surface area contributed by atoms with Crippen LogP contribution >= 0.6 is 23.2 Å². The van der Waals surface area contributed by atoms with Crippen molar-refractivity contribution in [3.8, 4) is 11.6 Å². The van der Waals surface area contributed by atoms with Crippen LogP contribution < -0.4 is 0 Å². The van der Waals surface area contributed by atoms with Gasteiger partial charge >= 0.3 is 0 Å². The third-order valence-electron chi connectivity index (χ3n) is 1.53. The average Bonchev–Trinajstić information content (AvgIpc) is 2.67. The maximum Gasteiger partial charge on any atom is 0.266 e. The Morgan fingerprint density at radius 3 is 2.71 bits per heavy atom. The average molecular weight is 230 g/mol. The molecule has 0 saturated heterocycles. The van der Waals surface area contributed by atoms with Gasteiger partial charge < -0.3 is 4.42 Å². The third-order valence-corrected chi connectivity index (χ3v) is 1.98. The molecule has 0 aliphatic heterocycles. The second-order valence-corrected chi connectivity index (χ2v) is 3.20. The number of alkyl halides is 1. The molecule has 0 fully saturated rings. The maximum absolute atomic E-state index is 5.68. The Kier molecular flexibility index (Phi) is 2.65. The van der Waals surface area contributed by atoms with Gasteiger partial charge in [-0.3, -0.25) is 0 Å². The van der Waals surface area contributed by atoms with E-state index in [9.17, 15) is 0 Å². The summed E-state index contributed by atoms with van der Waals surface area (Å²) in [6, 6.07) is 3.41. The minimum absolute atomic E-state index is 0.195. The van der Waals surface area contributed by atoms with Gasteiger partial charge in [-0.25, -0.2) is 4.98 Å². The Hall–Kier alpha value is -1.13. The molecule has 0 unspecified atom stereocenters. The number of pyridine rings is 1. The molecule has 2 aromatic heterocycles. The molecule has 6 heteroatoms. The van der Waals surface area contributed by atoms with Gasteiger partial charge in [-0.05, 0) is 12.1 Å². The number of hydrogen-bond acceptors (Lipinski definition) is 4. The van der Waals surface area contributed by atoms with E-state index in [1.807, 2.05) is 0 Å². The standard InChI is InChI=1S/C8H5Cl2N3O/c9-3-7-12-13-8(14-7)6-2-1-5(10)4-11-6/h1-2,4H,3H2. The molecule has 4 nitrogen and oxygen atoms in total. The summed E-state index contributed by atoms with van der Waals surface area (Å²) in [7, 11) is 0. The number of nitrogens with zero attached hydrogens (tertiary/aromatic N) is 3. The summed E-state index contributed by atoms with van der Waals surface area (Å²) in [4.78, 5) is 4.02. The van der Waals surface area contributed by atoms with Gasteiger partial charge in [0.25, 0.3) is 5.89 Å². The number of rotatable bonds is 2. The lowest BCUT2D eigenvalue weighted by Crippen LogP contribution is -1.81. The molecule has 0 aromatic carbocycles. The van der Waals surface area contributed by atoms with E-state index >= 15 is 0 Å². The highest BCUT2D eigenvalue weighted by molar-refractivity contribution is 6.30. The molecule has 0 saturated carbocycles. The molecule has 0 aliphatic rings. The van der Waals surface area contributed by atoms with Crippen LogP contribution in [0.3, 0.4) is 0 Å². The first kappa shape index (κ1) is 9.43. The Labute approximate surface area is 89.9 Å². The molecule has 72 valence electrons. The van der Waals surface area contributed by atoms with Crippen LogP contribution in [0, 0.1) is 0 Å². The van der Waals surface area contributed by atoms with Crippen molar-refractivity contribution in [2.75, 3.05) is 0 Å². The van der Waals surface area contributed by atoms with E-state index in [0.29, 0.717) is 22.5 Å². The van der Waals surface area contributed by atoms with E-state index in [4.69, 9.17) is 27.6 Å². The zero-order valence-corrected chi connectivity index (χ0v) is 8.46. The summed E-state index contributed by atoms with van der Waals surface area (Å²) in [5, 5.41) is 8.05. The Morgan fingerprint density at radius 1 is 1.29 bits per heavy atom. The van der Waals surface area contributed by atoms with Crippen molar-refractivity contribution in [2.24, 2.45) is 0 Å². The molecule has 0 spiro atoms. The first-order valence-electron chi connectivity index (χ1n) is 3.80. The first-order valence-corrected chi connectivity index (χ1v) is 4.71. The highest BCUT2D eigenvalue weighted by Crippen LogP contribution is 2.17. The summed E-state index contributed by atoms with van der Waals surface area (Å²) in [5.74, 6) is 0.913. The largest absolute Gasteiger partial charge is 0.418 e. The van der Waals surface area contributed by atoms with E-state index in [2.05, 4.69) is 15.2 Å². The second-order valence-electron chi connectivity index (χ2n) is 2.50. The summed E-state index contributed by atoms with van der Waals surface area (Å²) in [6.45, 7) is 0. The molecule has 2 heterocycles.